The lowest BCUT2D eigenvalue weighted by Crippen LogP contribution is -2.45. The number of ether oxygens (including phenoxy) is 1. The third kappa shape index (κ3) is 8.62. The lowest BCUT2D eigenvalue weighted by atomic mass is 10.1. The van der Waals surface area contributed by atoms with Gasteiger partial charge in [-0.05, 0) is 44.2 Å². The number of benzene rings is 1. The van der Waals surface area contributed by atoms with Crippen molar-refractivity contribution < 1.29 is 22.7 Å². The van der Waals surface area contributed by atoms with E-state index >= 15 is 0 Å². The Kier molecular flexibility index (Phi) is 8.16. The number of nitrogens with one attached hydrogen (secondary N) is 2. The molecule has 1 aliphatic carbocycles. The van der Waals surface area contributed by atoms with Gasteiger partial charge >= 0.3 is 6.18 Å². The summed E-state index contributed by atoms with van der Waals surface area (Å²) in [4.78, 5) is 17.0. The van der Waals surface area contributed by atoms with E-state index in [1.165, 1.54) is 12.8 Å². The topological polar surface area (TPSA) is 66.0 Å². The molecule has 1 aliphatic rings. The average molecular weight is 414 g/mol. The van der Waals surface area contributed by atoms with Crippen molar-refractivity contribution in [1.82, 2.24) is 15.5 Å². The third-order valence-corrected chi connectivity index (χ3v) is 4.40. The van der Waals surface area contributed by atoms with Crippen LogP contribution in [0.3, 0.4) is 0 Å². The van der Waals surface area contributed by atoms with Crippen molar-refractivity contribution in [2.45, 2.75) is 39.4 Å². The summed E-state index contributed by atoms with van der Waals surface area (Å²) in [6.45, 7) is 3.86. The Morgan fingerprint density at radius 3 is 2.66 bits per heavy atom. The number of aliphatic imine (C=N–C) groups is 1. The van der Waals surface area contributed by atoms with E-state index in [2.05, 4.69) is 15.6 Å². The molecule has 0 radical (unpaired) electrons. The first-order valence-electron chi connectivity index (χ1n) is 9.73. The second-order valence-electron chi connectivity index (χ2n) is 7.28. The van der Waals surface area contributed by atoms with Gasteiger partial charge in [0, 0.05) is 19.2 Å². The molecule has 0 heterocycles. The third-order valence-electron chi connectivity index (χ3n) is 4.40. The Hall–Kier alpha value is -2.45. The highest BCUT2D eigenvalue weighted by atomic mass is 19.4. The Balaban J connectivity index is 1.96. The zero-order chi connectivity index (χ0) is 21.4. The molecular weight excluding hydrogens is 385 g/mol. The van der Waals surface area contributed by atoms with Crippen LogP contribution in [0.25, 0.3) is 0 Å². The number of aryl methyl sites for hydroxylation is 1. The zero-order valence-electron chi connectivity index (χ0n) is 17.1. The van der Waals surface area contributed by atoms with Gasteiger partial charge in [0.15, 0.2) is 5.96 Å². The van der Waals surface area contributed by atoms with Gasteiger partial charge in [0.1, 0.15) is 12.3 Å². The Labute approximate surface area is 169 Å². The number of carbonyl (C=O) groups excluding carboxylic acids is 1. The van der Waals surface area contributed by atoms with Gasteiger partial charge in [-0.1, -0.05) is 12.1 Å². The van der Waals surface area contributed by atoms with Crippen LogP contribution in [0.5, 0.6) is 5.75 Å². The number of halogens is 3. The molecule has 1 aromatic rings. The van der Waals surface area contributed by atoms with E-state index in [9.17, 15) is 18.0 Å². The van der Waals surface area contributed by atoms with E-state index < -0.39 is 18.6 Å². The van der Waals surface area contributed by atoms with Crippen molar-refractivity contribution in [1.29, 1.82) is 0 Å². The number of likely N-dealkylation sites (N-methyl/N-ethyl adjacent to an activating group) is 1. The fraction of sp³-hybridized carbons (Fsp3) is 0.600. The molecule has 6 nitrogen and oxygen atoms in total. The van der Waals surface area contributed by atoms with Crippen molar-refractivity contribution in [3.8, 4) is 5.75 Å². The van der Waals surface area contributed by atoms with Crippen LogP contribution < -0.4 is 15.4 Å². The second-order valence-corrected chi connectivity index (χ2v) is 7.28. The number of alkyl halides is 3. The summed E-state index contributed by atoms with van der Waals surface area (Å²) in [5.41, 5.74) is 2.00. The van der Waals surface area contributed by atoms with Crippen LogP contribution in [0.2, 0.25) is 0 Å². The zero-order valence-corrected chi connectivity index (χ0v) is 17.1. The molecule has 0 saturated heterocycles. The van der Waals surface area contributed by atoms with Gasteiger partial charge < -0.3 is 20.3 Å². The monoisotopic (exact) mass is 414 g/mol. The first-order chi connectivity index (χ1) is 13.7. The van der Waals surface area contributed by atoms with Crippen LogP contribution >= 0.6 is 0 Å². The van der Waals surface area contributed by atoms with Gasteiger partial charge in [-0.15, -0.1) is 0 Å². The van der Waals surface area contributed by atoms with E-state index in [4.69, 9.17) is 4.74 Å². The van der Waals surface area contributed by atoms with Gasteiger partial charge in [0.05, 0.1) is 19.7 Å². The molecule has 0 aliphatic heterocycles. The summed E-state index contributed by atoms with van der Waals surface area (Å²) in [7, 11) is 1.12. The molecule has 29 heavy (non-hydrogen) atoms. The van der Waals surface area contributed by atoms with E-state index in [1.807, 2.05) is 32.0 Å². The summed E-state index contributed by atoms with van der Waals surface area (Å²) in [5.74, 6) is 1.11. The lowest BCUT2D eigenvalue weighted by Gasteiger charge is -2.20. The SMILES string of the molecule is CCNC(=NCc1ccc(C)cc1OCC1CC1)NCC(=O)N(C)CC(F)(F)F. The summed E-state index contributed by atoms with van der Waals surface area (Å²) in [6.07, 6.45) is -2.03. The molecule has 0 atom stereocenters. The molecule has 0 aromatic heterocycles. The molecule has 1 aromatic carbocycles. The van der Waals surface area contributed by atoms with Crippen LogP contribution in [-0.2, 0) is 11.3 Å². The minimum Gasteiger partial charge on any atom is -0.493 e. The number of amides is 1. The predicted molar refractivity (Wildman–Crippen MR) is 106 cm³/mol. The number of hydrogen-bond donors (Lipinski definition) is 2. The van der Waals surface area contributed by atoms with Gasteiger partial charge in [0.25, 0.3) is 0 Å². The minimum atomic E-state index is -4.43. The molecule has 2 rings (SSSR count). The van der Waals surface area contributed by atoms with E-state index in [0.29, 0.717) is 36.5 Å². The van der Waals surface area contributed by atoms with E-state index in [0.717, 1.165) is 23.9 Å². The molecule has 162 valence electrons. The van der Waals surface area contributed by atoms with Crippen molar-refractivity contribution in [3.63, 3.8) is 0 Å². The maximum absolute atomic E-state index is 12.4. The van der Waals surface area contributed by atoms with Crippen LogP contribution in [0.1, 0.15) is 30.9 Å². The molecule has 1 saturated carbocycles. The van der Waals surface area contributed by atoms with Gasteiger partial charge in [-0.25, -0.2) is 4.99 Å². The van der Waals surface area contributed by atoms with Gasteiger partial charge in [-0.2, -0.15) is 13.2 Å². The Morgan fingerprint density at radius 1 is 1.31 bits per heavy atom. The molecule has 0 bridgehead atoms. The highest BCUT2D eigenvalue weighted by Gasteiger charge is 2.31. The molecule has 9 heteroatoms. The van der Waals surface area contributed by atoms with Crippen LogP contribution in [0, 0.1) is 12.8 Å². The predicted octanol–water partition coefficient (Wildman–Crippen LogP) is 2.86. The van der Waals surface area contributed by atoms with Gasteiger partial charge in [-0.3, -0.25) is 4.79 Å². The first kappa shape index (κ1) is 22.8. The van der Waals surface area contributed by atoms with Crippen LogP contribution in [-0.4, -0.2) is 56.2 Å². The summed E-state index contributed by atoms with van der Waals surface area (Å²) < 4.78 is 43.2. The summed E-state index contributed by atoms with van der Waals surface area (Å²) in [5, 5.41) is 5.78. The summed E-state index contributed by atoms with van der Waals surface area (Å²) in [6, 6.07) is 5.90. The normalized spacial score (nSPS) is 14.5. The Morgan fingerprint density at radius 2 is 2.03 bits per heavy atom. The van der Waals surface area contributed by atoms with E-state index in [-0.39, 0.29) is 6.54 Å². The molecule has 2 N–H and O–H groups in total. The standard InChI is InChI=1S/C20H29F3N4O2/c1-4-24-19(26-11-18(28)27(3)13-20(21,22)23)25-10-16-8-5-14(2)9-17(16)29-12-15-6-7-15/h5,8-9,15H,4,6-7,10-13H2,1-3H3,(H2,24,25,26). The Bertz CT molecular complexity index is 718. The van der Waals surface area contributed by atoms with Crippen molar-refractivity contribution in [3.05, 3.63) is 29.3 Å². The number of nitrogens with zero attached hydrogens (tertiary/aromatic N) is 2. The number of hydrogen-bond acceptors (Lipinski definition) is 3. The number of carbonyl (C=O) groups is 1. The van der Waals surface area contributed by atoms with Crippen molar-refractivity contribution in [2.75, 3.05) is 33.3 Å². The van der Waals surface area contributed by atoms with Crippen molar-refractivity contribution >= 4 is 11.9 Å². The van der Waals surface area contributed by atoms with Crippen LogP contribution in [0.15, 0.2) is 23.2 Å². The fourth-order valence-corrected chi connectivity index (χ4v) is 2.58. The fourth-order valence-electron chi connectivity index (χ4n) is 2.58. The lowest BCUT2D eigenvalue weighted by molar-refractivity contribution is -0.157. The number of rotatable bonds is 9. The smallest absolute Gasteiger partial charge is 0.406 e. The second kappa shape index (κ2) is 10.4. The highest BCUT2D eigenvalue weighted by molar-refractivity contribution is 5.86. The maximum Gasteiger partial charge on any atom is 0.406 e. The largest absolute Gasteiger partial charge is 0.493 e. The molecule has 0 unspecified atom stereocenters. The van der Waals surface area contributed by atoms with E-state index in [1.54, 1.807) is 0 Å². The van der Waals surface area contributed by atoms with Crippen LogP contribution in [0.4, 0.5) is 13.2 Å². The number of guanidine groups is 1. The average Bonchev–Trinajstić information content (AvgIpc) is 3.46. The summed E-state index contributed by atoms with van der Waals surface area (Å²) >= 11 is 0. The molecule has 1 fully saturated rings. The minimum absolute atomic E-state index is 0.280. The van der Waals surface area contributed by atoms with Gasteiger partial charge in [0.2, 0.25) is 5.91 Å². The molecule has 1 amide bonds. The molecular formula is C20H29F3N4O2. The first-order valence-corrected chi connectivity index (χ1v) is 9.73. The molecule has 0 spiro atoms. The van der Waals surface area contributed by atoms with Crippen molar-refractivity contribution in [2.24, 2.45) is 10.9 Å². The quantitative estimate of drug-likeness (QED) is 0.482. The maximum atomic E-state index is 12.4. The highest BCUT2D eigenvalue weighted by Crippen LogP contribution is 2.31.